The number of nitrogens with zero attached hydrogens (tertiary/aromatic N) is 2. The van der Waals surface area contributed by atoms with Crippen molar-refractivity contribution in [3.8, 4) is 0 Å². The Labute approximate surface area is 106 Å². The van der Waals surface area contributed by atoms with Gasteiger partial charge in [0.1, 0.15) is 12.2 Å². The molecule has 1 amide bonds. The van der Waals surface area contributed by atoms with Crippen LogP contribution in [0.3, 0.4) is 0 Å². The number of hydrogen-bond donors (Lipinski definition) is 1. The monoisotopic (exact) mass is 340 g/mol. The minimum atomic E-state index is -0.595. The first-order chi connectivity index (χ1) is 7.58. The van der Waals surface area contributed by atoms with Gasteiger partial charge in [-0.1, -0.05) is 0 Å². The van der Waals surface area contributed by atoms with E-state index >= 15 is 0 Å². The molecule has 90 valence electrons. The molecule has 2 aliphatic carbocycles. The molecular weight excluding hydrogens is 329 g/mol. The zero-order valence-electron chi connectivity index (χ0n) is 8.28. The lowest BCUT2D eigenvalue weighted by Gasteiger charge is -2.26. The first kappa shape index (κ1) is 11.0. The lowest BCUT2D eigenvalue weighted by molar-refractivity contribution is -0.142. The largest absolute Gasteiger partial charge is 0.762 e. The van der Waals surface area contributed by atoms with E-state index in [1.165, 1.54) is 0 Å². The summed E-state index contributed by atoms with van der Waals surface area (Å²) in [6.07, 6.45) is 0.449. The van der Waals surface area contributed by atoms with Crippen LogP contribution in [-0.4, -0.2) is 32.8 Å². The number of nitrogens with two attached hydrogens (primary N) is 1. The Bertz CT molecular complexity index is 328. The second kappa shape index (κ2) is 3.67. The van der Waals surface area contributed by atoms with E-state index in [0.717, 1.165) is 16.1 Å². The Morgan fingerprint density at radius 3 is 3.06 bits per heavy atom. The molecule has 2 saturated carbocycles. The molecular formula is C8H11IN3O4-. The predicted octanol–water partition coefficient (Wildman–Crippen LogP) is 0.539. The van der Waals surface area contributed by atoms with E-state index in [1.54, 1.807) is 22.9 Å². The van der Waals surface area contributed by atoms with E-state index in [-0.39, 0.29) is 30.1 Å². The van der Waals surface area contributed by atoms with Gasteiger partial charge in [-0.2, -0.15) is 3.22 Å². The number of carbonyl (C=O) groups is 1. The lowest BCUT2D eigenvalue weighted by atomic mass is 9.92. The van der Waals surface area contributed by atoms with Gasteiger partial charge in [0.05, 0.1) is 22.9 Å². The van der Waals surface area contributed by atoms with Crippen LogP contribution < -0.4 is 5.84 Å². The first-order valence-electron chi connectivity index (χ1n) is 5.12. The topological polar surface area (TPSA) is 91.1 Å². The summed E-state index contributed by atoms with van der Waals surface area (Å²) in [7, 11) is 0. The molecule has 0 spiro atoms. The van der Waals surface area contributed by atoms with Crippen molar-refractivity contribution in [3.05, 3.63) is 5.21 Å². The Kier molecular flexibility index (Phi) is 2.51. The third-order valence-corrected chi connectivity index (χ3v) is 4.13. The van der Waals surface area contributed by atoms with Crippen LogP contribution in [0.1, 0.15) is 12.8 Å². The maximum absolute atomic E-state index is 11.4. The van der Waals surface area contributed by atoms with Gasteiger partial charge in [0, 0.05) is 17.9 Å². The molecule has 16 heavy (non-hydrogen) atoms. The highest BCUT2D eigenvalue weighted by atomic mass is 127. The molecule has 1 aliphatic heterocycles. The number of fused-ring (bicyclic) bond motifs is 1. The van der Waals surface area contributed by atoms with Crippen LogP contribution in [0, 0.1) is 17.0 Å². The standard InChI is InChI=1S/C8H11IN3O4/c9-11(10)8(13)15-6-3-1-4-5(2-3)12(14)16-7(4)6/h3-7H,1-2,10H2/q-1. The fourth-order valence-corrected chi connectivity index (χ4v) is 3.24. The molecule has 2 N–H and O–H groups in total. The number of hydroxylamine groups is 2. The van der Waals surface area contributed by atoms with Crippen molar-refractivity contribution < 1.29 is 14.4 Å². The molecule has 1 heterocycles. The normalized spacial score (nSPS) is 45.1. The van der Waals surface area contributed by atoms with Gasteiger partial charge in [0.25, 0.3) is 0 Å². The van der Waals surface area contributed by atoms with Gasteiger partial charge in [-0.3, -0.25) is 5.23 Å². The summed E-state index contributed by atoms with van der Waals surface area (Å²) in [6, 6.07) is -0.0430. The van der Waals surface area contributed by atoms with Crippen molar-refractivity contribution >= 4 is 29.0 Å². The average molecular weight is 340 g/mol. The summed E-state index contributed by atoms with van der Waals surface area (Å²) >= 11 is 1.64. The number of hydrogen-bond acceptors (Lipinski definition) is 6. The van der Waals surface area contributed by atoms with Crippen LogP contribution in [0.2, 0.25) is 0 Å². The molecule has 0 aromatic rings. The summed E-state index contributed by atoms with van der Waals surface area (Å²) in [5.74, 6) is 5.71. The first-order valence-corrected chi connectivity index (χ1v) is 6.09. The average Bonchev–Trinajstić information content (AvgIpc) is 2.81. The van der Waals surface area contributed by atoms with Crippen molar-refractivity contribution in [2.75, 3.05) is 0 Å². The molecule has 3 rings (SSSR count). The molecule has 5 unspecified atom stereocenters. The predicted molar refractivity (Wildman–Crippen MR) is 60.4 cm³/mol. The summed E-state index contributed by atoms with van der Waals surface area (Å²) in [4.78, 5) is 16.5. The Hall–Kier alpha value is -0.160. The highest BCUT2D eigenvalue weighted by Crippen LogP contribution is 2.53. The zero-order chi connectivity index (χ0) is 11.4. The molecule has 3 aliphatic rings. The summed E-state index contributed by atoms with van der Waals surface area (Å²) in [6.45, 7) is 0. The smallest absolute Gasteiger partial charge is 0.433 e. The van der Waals surface area contributed by atoms with Gasteiger partial charge in [-0.15, -0.1) is 0 Å². The number of rotatable bonds is 1. The fourth-order valence-electron chi connectivity index (χ4n) is 3.13. The van der Waals surface area contributed by atoms with Gasteiger partial charge >= 0.3 is 6.09 Å². The third kappa shape index (κ3) is 1.44. The van der Waals surface area contributed by atoms with Gasteiger partial charge in [0.15, 0.2) is 0 Å². The minimum absolute atomic E-state index is 0.0430. The molecule has 2 bridgehead atoms. The van der Waals surface area contributed by atoms with Crippen molar-refractivity contribution in [3.63, 3.8) is 0 Å². The second-order valence-corrected chi connectivity index (χ2v) is 5.52. The summed E-state index contributed by atoms with van der Waals surface area (Å²) < 4.78 is 6.12. The van der Waals surface area contributed by atoms with Crippen LogP contribution in [0.15, 0.2) is 0 Å². The number of halogens is 1. The minimum Gasteiger partial charge on any atom is -0.762 e. The molecule has 5 atom stereocenters. The van der Waals surface area contributed by atoms with E-state index in [2.05, 4.69) is 0 Å². The van der Waals surface area contributed by atoms with E-state index in [4.69, 9.17) is 15.4 Å². The molecule has 0 aromatic carbocycles. The van der Waals surface area contributed by atoms with Crippen molar-refractivity contribution in [1.29, 1.82) is 0 Å². The van der Waals surface area contributed by atoms with Crippen LogP contribution in [0.25, 0.3) is 0 Å². The zero-order valence-corrected chi connectivity index (χ0v) is 10.4. The SMILES string of the molecule is NN(I)C(=O)OC1C2CC3C1ON([O-])C3C2. The van der Waals surface area contributed by atoms with E-state index in [0.29, 0.717) is 5.23 Å². The molecule has 1 saturated heterocycles. The van der Waals surface area contributed by atoms with Crippen molar-refractivity contribution in [2.24, 2.45) is 17.7 Å². The Morgan fingerprint density at radius 1 is 1.62 bits per heavy atom. The second-order valence-electron chi connectivity index (χ2n) is 4.48. The molecule has 8 heteroatoms. The number of hydrazine groups is 1. The highest BCUT2D eigenvalue weighted by Gasteiger charge is 2.60. The van der Waals surface area contributed by atoms with Crippen LogP contribution >= 0.6 is 22.9 Å². The molecule has 0 aromatic heterocycles. The van der Waals surface area contributed by atoms with Crippen LogP contribution in [-0.2, 0) is 9.57 Å². The van der Waals surface area contributed by atoms with Crippen molar-refractivity contribution in [1.82, 2.24) is 8.45 Å². The maximum Gasteiger partial charge on any atom is 0.433 e. The summed E-state index contributed by atoms with van der Waals surface area (Å²) in [5, 5.41) is 12.0. The lowest BCUT2D eigenvalue weighted by Crippen LogP contribution is -2.40. The Balaban J connectivity index is 1.73. The van der Waals surface area contributed by atoms with E-state index in [1.807, 2.05) is 0 Å². The quantitative estimate of drug-likeness (QED) is 0.246. The van der Waals surface area contributed by atoms with Gasteiger partial charge in [-0.05, 0) is 12.8 Å². The van der Waals surface area contributed by atoms with Gasteiger partial charge in [-0.25, -0.2) is 10.6 Å². The van der Waals surface area contributed by atoms with Gasteiger partial charge < -0.3 is 14.8 Å². The maximum atomic E-state index is 11.4. The third-order valence-electron chi connectivity index (χ3n) is 3.73. The highest BCUT2D eigenvalue weighted by molar-refractivity contribution is 14.1. The molecule has 7 nitrogen and oxygen atoms in total. The molecule has 3 fully saturated rings. The van der Waals surface area contributed by atoms with Crippen molar-refractivity contribution in [2.45, 2.75) is 31.1 Å². The molecule has 0 radical (unpaired) electrons. The Morgan fingerprint density at radius 2 is 2.38 bits per heavy atom. The van der Waals surface area contributed by atoms with E-state index in [9.17, 15) is 10.0 Å². The number of ether oxygens (including phenoxy) is 1. The fraction of sp³-hybridized carbons (Fsp3) is 0.875. The summed E-state index contributed by atoms with van der Waals surface area (Å²) in [5.41, 5.74) is 0. The van der Waals surface area contributed by atoms with E-state index < -0.39 is 6.09 Å². The number of amides is 1. The van der Waals surface area contributed by atoms with Crippen LogP contribution in [0.5, 0.6) is 0 Å². The van der Waals surface area contributed by atoms with Gasteiger partial charge in [0.2, 0.25) is 0 Å². The van der Waals surface area contributed by atoms with Crippen LogP contribution in [0.4, 0.5) is 4.79 Å². The number of carbonyl (C=O) groups excluding carboxylic acids is 1.